The lowest BCUT2D eigenvalue weighted by molar-refractivity contribution is 0.386. The normalized spacial score (nSPS) is 12.7. The number of fused-ring (bicyclic) bond motifs is 1. The molecule has 0 aliphatic carbocycles. The Labute approximate surface area is 151 Å². The number of rotatable bonds is 7. The molecule has 3 nitrogen and oxygen atoms in total. The molecule has 0 radical (unpaired) electrons. The fraction of sp³-hybridized carbons (Fsp3) is 0.400. The third-order valence-electron chi connectivity index (χ3n) is 4.24. The van der Waals surface area contributed by atoms with Crippen LogP contribution in [0.4, 0.5) is 0 Å². The number of methoxy groups -OCH3 is 1. The molecule has 0 atom stereocenters. The molecule has 0 saturated carbocycles. The minimum Gasteiger partial charge on any atom is -0.497 e. The first-order chi connectivity index (χ1) is 11.6. The smallest absolute Gasteiger partial charge is 0.119 e. The van der Waals surface area contributed by atoms with Gasteiger partial charge in [-0.2, -0.15) is 12.6 Å². The van der Waals surface area contributed by atoms with Gasteiger partial charge in [-0.15, -0.1) is 0 Å². The number of aromatic nitrogens is 1. The van der Waals surface area contributed by atoms with Gasteiger partial charge in [0.25, 0.3) is 0 Å². The SMILES string of the molecule is C/C=C\C(=C/C)c1c(CS)c2cc(OC)ccc2n1CCN(C)C. The minimum atomic E-state index is 0.697. The third-order valence-corrected chi connectivity index (χ3v) is 4.55. The third kappa shape index (κ3) is 3.70. The predicted molar refractivity (Wildman–Crippen MR) is 108 cm³/mol. The van der Waals surface area contributed by atoms with Crippen molar-refractivity contribution in [1.29, 1.82) is 0 Å². The molecule has 1 aromatic carbocycles. The standard InChI is InChI=1S/C20H28N2OS/c1-6-8-15(7-2)20-18(14-24)17-13-16(23-5)9-10-19(17)22(20)12-11-21(3)4/h6-10,13,24H,11-12,14H2,1-5H3/b8-6-,15-7+. The first kappa shape index (κ1) is 18.7. The van der Waals surface area contributed by atoms with E-state index >= 15 is 0 Å². The van der Waals surface area contributed by atoms with Crippen LogP contribution < -0.4 is 4.74 Å². The average molecular weight is 345 g/mol. The summed E-state index contributed by atoms with van der Waals surface area (Å²) in [5.74, 6) is 1.58. The molecule has 24 heavy (non-hydrogen) atoms. The van der Waals surface area contributed by atoms with Crippen molar-refractivity contribution in [3.05, 3.63) is 47.7 Å². The summed E-state index contributed by atoms with van der Waals surface area (Å²) < 4.78 is 7.84. The topological polar surface area (TPSA) is 17.4 Å². The Morgan fingerprint density at radius 1 is 1.29 bits per heavy atom. The highest BCUT2D eigenvalue weighted by Crippen LogP contribution is 2.35. The maximum Gasteiger partial charge on any atom is 0.119 e. The summed E-state index contributed by atoms with van der Waals surface area (Å²) in [6.45, 7) is 6.07. The Morgan fingerprint density at radius 3 is 2.58 bits per heavy atom. The van der Waals surface area contributed by atoms with E-state index in [0.717, 1.165) is 18.8 Å². The molecule has 0 spiro atoms. The second kappa shape index (κ2) is 8.45. The van der Waals surface area contributed by atoms with Crippen LogP contribution in [0.25, 0.3) is 16.5 Å². The van der Waals surface area contributed by atoms with Crippen LogP contribution >= 0.6 is 12.6 Å². The zero-order valence-electron chi connectivity index (χ0n) is 15.3. The van der Waals surface area contributed by atoms with Crippen molar-refractivity contribution in [2.45, 2.75) is 26.1 Å². The Morgan fingerprint density at radius 2 is 2.04 bits per heavy atom. The molecule has 1 heterocycles. The van der Waals surface area contributed by atoms with Crippen LogP contribution in [-0.4, -0.2) is 37.2 Å². The fourth-order valence-electron chi connectivity index (χ4n) is 3.04. The lowest BCUT2D eigenvalue weighted by Gasteiger charge is -2.16. The number of hydrogen-bond donors (Lipinski definition) is 1. The number of thiol groups is 1. The summed E-state index contributed by atoms with van der Waals surface area (Å²) in [4.78, 5) is 2.21. The molecular weight excluding hydrogens is 316 g/mol. The second-order valence-corrected chi connectivity index (χ2v) is 6.38. The molecule has 0 N–H and O–H groups in total. The maximum atomic E-state index is 5.43. The van der Waals surface area contributed by atoms with E-state index in [9.17, 15) is 0 Å². The van der Waals surface area contributed by atoms with Gasteiger partial charge in [-0.25, -0.2) is 0 Å². The van der Waals surface area contributed by atoms with Crippen LogP contribution in [0.5, 0.6) is 5.75 Å². The van der Waals surface area contributed by atoms with Crippen LogP contribution in [0.1, 0.15) is 25.1 Å². The molecule has 0 saturated heterocycles. The molecule has 1 aromatic heterocycles. The summed E-state index contributed by atoms with van der Waals surface area (Å²) in [6.07, 6.45) is 6.43. The number of ether oxygens (including phenoxy) is 1. The van der Waals surface area contributed by atoms with E-state index in [-0.39, 0.29) is 0 Å². The van der Waals surface area contributed by atoms with E-state index in [1.54, 1.807) is 7.11 Å². The van der Waals surface area contributed by atoms with Crippen molar-refractivity contribution in [3.63, 3.8) is 0 Å². The number of allylic oxidation sites excluding steroid dienone is 4. The summed E-state index contributed by atoms with van der Waals surface area (Å²) in [6, 6.07) is 6.31. The van der Waals surface area contributed by atoms with Gasteiger partial charge in [0.15, 0.2) is 0 Å². The van der Waals surface area contributed by atoms with Crippen molar-refractivity contribution < 1.29 is 4.74 Å². The highest BCUT2D eigenvalue weighted by atomic mass is 32.1. The van der Waals surface area contributed by atoms with E-state index < -0.39 is 0 Å². The van der Waals surface area contributed by atoms with E-state index in [1.165, 1.54) is 27.7 Å². The second-order valence-electron chi connectivity index (χ2n) is 6.07. The molecule has 0 bridgehead atoms. The molecule has 2 rings (SSSR count). The molecule has 0 unspecified atom stereocenters. The van der Waals surface area contributed by atoms with Gasteiger partial charge in [0.05, 0.1) is 12.8 Å². The molecule has 0 aliphatic rings. The molecule has 0 amide bonds. The van der Waals surface area contributed by atoms with Crippen molar-refractivity contribution in [3.8, 4) is 5.75 Å². The summed E-state index contributed by atoms with van der Waals surface area (Å²) in [5.41, 5.74) is 4.99. The van der Waals surface area contributed by atoms with Crippen LogP contribution in [0.2, 0.25) is 0 Å². The van der Waals surface area contributed by atoms with Crippen molar-refractivity contribution >= 4 is 29.1 Å². The zero-order chi connectivity index (χ0) is 17.7. The number of benzene rings is 1. The summed E-state index contributed by atoms with van der Waals surface area (Å²) in [7, 11) is 5.93. The van der Waals surface area contributed by atoms with Crippen molar-refractivity contribution in [2.75, 3.05) is 27.7 Å². The van der Waals surface area contributed by atoms with Crippen LogP contribution in [-0.2, 0) is 12.3 Å². The monoisotopic (exact) mass is 344 g/mol. The van der Waals surface area contributed by atoms with Crippen LogP contribution in [0, 0.1) is 0 Å². The number of nitrogens with zero attached hydrogens (tertiary/aromatic N) is 2. The maximum absolute atomic E-state index is 5.43. The first-order valence-corrected chi connectivity index (χ1v) is 8.94. The summed E-state index contributed by atoms with van der Waals surface area (Å²) in [5, 5.41) is 1.22. The van der Waals surface area contributed by atoms with Gasteiger partial charge < -0.3 is 14.2 Å². The zero-order valence-corrected chi connectivity index (χ0v) is 16.2. The van der Waals surface area contributed by atoms with E-state index in [2.05, 4.69) is 80.4 Å². The number of likely N-dealkylation sites (N-methyl/N-ethyl adjacent to an activating group) is 1. The minimum absolute atomic E-state index is 0.697. The van der Waals surface area contributed by atoms with E-state index in [1.807, 2.05) is 6.07 Å². The first-order valence-electron chi connectivity index (χ1n) is 8.31. The highest BCUT2D eigenvalue weighted by molar-refractivity contribution is 7.79. The quantitative estimate of drug-likeness (QED) is 0.583. The summed E-state index contributed by atoms with van der Waals surface area (Å²) >= 11 is 4.63. The van der Waals surface area contributed by atoms with Gasteiger partial charge in [0, 0.05) is 29.7 Å². The Bertz CT molecular complexity index is 757. The van der Waals surface area contributed by atoms with E-state index in [4.69, 9.17) is 4.74 Å². The number of hydrogen-bond acceptors (Lipinski definition) is 3. The van der Waals surface area contributed by atoms with Gasteiger partial charge in [-0.3, -0.25) is 0 Å². The lowest BCUT2D eigenvalue weighted by atomic mass is 10.1. The van der Waals surface area contributed by atoms with Crippen molar-refractivity contribution in [2.24, 2.45) is 0 Å². The molecule has 0 fully saturated rings. The fourth-order valence-corrected chi connectivity index (χ4v) is 3.36. The molecular formula is C20H28N2OS. The Hall–Kier alpha value is -1.65. The van der Waals surface area contributed by atoms with Gasteiger partial charge in [0.1, 0.15) is 5.75 Å². The predicted octanol–water partition coefficient (Wildman–Crippen LogP) is 4.62. The Balaban J connectivity index is 2.76. The molecule has 2 aromatic rings. The largest absolute Gasteiger partial charge is 0.497 e. The highest BCUT2D eigenvalue weighted by Gasteiger charge is 2.18. The van der Waals surface area contributed by atoms with Gasteiger partial charge in [-0.1, -0.05) is 18.2 Å². The molecule has 0 aliphatic heterocycles. The lowest BCUT2D eigenvalue weighted by Crippen LogP contribution is -2.19. The van der Waals surface area contributed by atoms with Gasteiger partial charge in [0.2, 0.25) is 0 Å². The van der Waals surface area contributed by atoms with Gasteiger partial charge >= 0.3 is 0 Å². The molecule has 4 heteroatoms. The Kier molecular flexibility index (Phi) is 6.58. The van der Waals surface area contributed by atoms with Crippen LogP contribution in [0.15, 0.2) is 36.4 Å². The average Bonchev–Trinajstić information content (AvgIpc) is 2.90. The van der Waals surface area contributed by atoms with Crippen LogP contribution in [0.3, 0.4) is 0 Å². The van der Waals surface area contributed by atoms with Gasteiger partial charge in [-0.05, 0) is 57.3 Å². The van der Waals surface area contributed by atoms with E-state index in [0.29, 0.717) is 5.75 Å². The van der Waals surface area contributed by atoms with Crippen molar-refractivity contribution in [1.82, 2.24) is 9.47 Å². The molecule has 130 valence electrons.